The Hall–Kier alpha value is -1.93. The van der Waals surface area contributed by atoms with E-state index in [4.69, 9.17) is 0 Å². The Kier molecular flexibility index (Phi) is 4.63. The van der Waals surface area contributed by atoms with Crippen LogP contribution in [0.4, 0.5) is 5.69 Å². The van der Waals surface area contributed by atoms with E-state index >= 15 is 0 Å². The predicted molar refractivity (Wildman–Crippen MR) is 93.8 cm³/mol. The fourth-order valence-electron chi connectivity index (χ4n) is 2.12. The molecule has 0 radical (unpaired) electrons. The third-order valence-electron chi connectivity index (χ3n) is 3.11. The molecule has 118 valence electrons. The van der Waals surface area contributed by atoms with Crippen molar-refractivity contribution in [3.63, 3.8) is 0 Å². The summed E-state index contributed by atoms with van der Waals surface area (Å²) in [4.78, 5) is 12.0. The molecule has 0 saturated heterocycles. The topological polar surface area (TPSA) is 72.2 Å². The quantitative estimate of drug-likeness (QED) is 0.691. The molecule has 0 atom stereocenters. The van der Waals surface area contributed by atoms with Crippen LogP contribution >= 0.6 is 27.7 Å². The average molecular weight is 392 g/mol. The van der Waals surface area contributed by atoms with E-state index in [1.54, 1.807) is 4.52 Å². The zero-order valence-electron chi connectivity index (χ0n) is 12.6. The number of rotatable bonds is 4. The molecular formula is C15H14BrN5OS. The lowest BCUT2D eigenvalue weighted by molar-refractivity contribution is -0.113. The van der Waals surface area contributed by atoms with E-state index in [0.29, 0.717) is 10.8 Å². The van der Waals surface area contributed by atoms with Crippen LogP contribution in [0.15, 0.2) is 40.0 Å². The third kappa shape index (κ3) is 3.70. The molecule has 1 aromatic carbocycles. The summed E-state index contributed by atoms with van der Waals surface area (Å²) in [6.45, 7) is 3.88. The summed E-state index contributed by atoms with van der Waals surface area (Å²) in [7, 11) is 0. The molecule has 0 aliphatic heterocycles. The van der Waals surface area contributed by atoms with Crippen LogP contribution in [0.5, 0.6) is 0 Å². The molecule has 2 heterocycles. The number of aromatic nitrogens is 4. The molecule has 8 heteroatoms. The number of amides is 1. The van der Waals surface area contributed by atoms with Crippen LogP contribution < -0.4 is 5.32 Å². The van der Waals surface area contributed by atoms with Crippen molar-refractivity contribution in [3.8, 4) is 0 Å². The number of fused-ring (bicyclic) bond motifs is 1. The van der Waals surface area contributed by atoms with E-state index in [9.17, 15) is 4.79 Å². The Balaban J connectivity index is 1.68. The number of hydrogen-bond donors (Lipinski definition) is 1. The third-order valence-corrected chi connectivity index (χ3v) is 4.56. The minimum absolute atomic E-state index is 0.0987. The van der Waals surface area contributed by atoms with E-state index in [2.05, 4.69) is 36.5 Å². The first-order chi connectivity index (χ1) is 11.0. The van der Waals surface area contributed by atoms with Crippen molar-refractivity contribution in [1.29, 1.82) is 0 Å². The van der Waals surface area contributed by atoms with Gasteiger partial charge in [-0.1, -0.05) is 27.7 Å². The molecule has 2 aromatic heterocycles. The van der Waals surface area contributed by atoms with Crippen molar-refractivity contribution in [1.82, 2.24) is 19.8 Å². The van der Waals surface area contributed by atoms with Crippen molar-refractivity contribution >= 4 is 44.9 Å². The fraction of sp³-hybridized carbons (Fsp3) is 0.200. The lowest BCUT2D eigenvalue weighted by Crippen LogP contribution is -2.14. The van der Waals surface area contributed by atoms with Gasteiger partial charge in [0.25, 0.3) is 0 Å². The normalized spacial score (nSPS) is 10.9. The lowest BCUT2D eigenvalue weighted by atomic mass is 10.3. The smallest absolute Gasteiger partial charge is 0.234 e. The van der Waals surface area contributed by atoms with Crippen LogP contribution in [0.2, 0.25) is 0 Å². The van der Waals surface area contributed by atoms with Gasteiger partial charge in [0.15, 0.2) is 5.65 Å². The van der Waals surface area contributed by atoms with Gasteiger partial charge in [0.1, 0.15) is 0 Å². The molecule has 0 saturated carbocycles. The number of halogens is 1. The highest BCUT2D eigenvalue weighted by molar-refractivity contribution is 9.10. The van der Waals surface area contributed by atoms with Crippen LogP contribution in [0, 0.1) is 13.8 Å². The monoisotopic (exact) mass is 391 g/mol. The summed E-state index contributed by atoms with van der Waals surface area (Å²) < 4.78 is 2.65. The van der Waals surface area contributed by atoms with Crippen LogP contribution in [-0.4, -0.2) is 31.5 Å². The first kappa shape index (κ1) is 15.9. The van der Waals surface area contributed by atoms with E-state index < -0.39 is 0 Å². The van der Waals surface area contributed by atoms with Crippen LogP contribution in [-0.2, 0) is 4.79 Å². The minimum atomic E-state index is -0.0987. The van der Waals surface area contributed by atoms with E-state index in [1.807, 2.05) is 44.2 Å². The van der Waals surface area contributed by atoms with E-state index in [0.717, 1.165) is 21.4 Å². The molecule has 1 N–H and O–H groups in total. The molecule has 0 aliphatic rings. The molecule has 23 heavy (non-hydrogen) atoms. The Morgan fingerprint density at radius 2 is 2.00 bits per heavy atom. The highest BCUT2D eigenvalue weighted by Crippen LogP contribution is 2.19. The number of aryl methyl sites for hydroxylation is 2. The maximum Gasteiger partial charge on any atom is 0.234 e. The summed E-state index contributed by atoms with van der Waals surface area (Å²) in [6, 6.07) is 9.40. The number of carbonyl (C=O) groups excluding carboxylic acids is 1. The van der Waals surface area contributed by atoms with Gasteiger partial charge in [-0.3, -0.25) is 4.79 Å². The molecule has 6 nitrogen and oxygen atoms in total. The zero-order chi connectivity index (χ0) is 16.4. The van der Waals surface area contributed by atoms with Gasteiger partial charge >= 0.3 is 0 Å². The van der Waals surface area contributed by atoms with Crippen LogP contribution in [0.3, 0.4) is 0 Å². The van der Waals surface area contributed by atoms with Crippen LogP contribution in [0.1, 0.15) is 11.3 Å². The summed E-state index contributed by atoms with van der Waals surface area (Å²) in [5, 5.41) is 16.1. The minimum Gasteiger partial charge on any atom is -0.325 e. The Morgan fingerprint density at radius 3 is 2.74 bits per heavy atom. The standard InChI is InChI=1S/C15H14BrN5OS/c1-9-7-10(2)20-21-14(9)18-19-15(21)23-8-13(22)17-12-5-3-11(16)4-6-12/h3-7H,8H2,1-2H3,(H,17,22). The Morgan fingerprint density at radius 1 is 1.26 bits per heavy atom. The maximum atomic E-state index is 12.0. The number of thioether (sulfide) groups is 1. The summed E-state index contributed by atoms with van der Waals surface area (Å²) in [5.41, 5.74) is 3.37. The molecule has 0 unspecified atom stereocenters. The second-order valence-electron chi connectivity index (χ2n) is 5.03. The molecule has 0 spiro atoms. The highest BCUT2D eigenvalue weighted by Gasteiger charge is 2.12. The van der Waals surface area contributed by atoms with Gasteiger partial charge in [-0.2, -0.15) is 9.61 Å². The highest BCUT2D eigenvalue weighted by atomic mass is 79.9. The number of anilines is 1. The fourth-order valence-corrected chi connectivity index (χ4v) is 3.06. The van der Waals surface area contributed by atoms with E-state index in [-0.39, 0.29) is 11.7 Å². The molecule has 3 rings (SSSR count). The van der Waals surface area contributed by atoms with Gasteiger partial charge in [-0.15, -0.1) is 10.2 Å². The van der Waals surface area contributed by atoms with E-state index in [1.165, 1.54) is 11.8 Å². The number of nitrogens with zero attached hydrogens (tertiary/aromatic N) is 4. The maximum absolute atomic E-state index is 12.0. The average Bonchev–Trinajstić information content (AvgIpc) is 2.91. The van der Waals surface area contributed by atoms with Gasteiger partial charge in [-0.25, -0.2) is 0 Å². The number of hydrogen-bond acceptors (Lipinski definition) is 5. The van der Waals surface area contributed by atoms with Crippen molar-refractivity contribution in [3.05, 3.63) is 46.1 Å². The molecule has 0 bridgehead atoms. The number of benzene rings is 1. The number of nitrogens with one attached hydrogen (secondary N) is 1. The summed E-state index contributed by atoms with van der Waals surface area (Å²) in [6.07, 6.45) is 0. The van der Waals surface area contributed by atoms with Gasteiger partial charge in [-0.05, 0) is 49.7 Å². The van der Waals surface area contributed by atoms with Gasteiger partial charge < -0.3 is 5.32 Å². The van der Waals surface area contributed by atoms with Crippen LogP contribution in [0.25, 0.3) is 5.65 Å². The number of carbonyl (C=O) groups is 1. The molecular weight excluding hydrogens is 378 g/mol. The van der Waals surface area contributed by atoms with Crippen molar-refractivity contribution < 1.29 is 4.79 Å². The zero-order valence-corrected chi connectivity index (χ0v) is 15.0. The van der Waals surface area contributed by atoms with Crippen molar-refractivity contribution in [2.24, 2.45) is 0 Å². The second kappa shape index (κ2) is 6.67. The Labute approximate surface area is 145 Å². The van der Waals surface area contributed by atoms with Crippen molar-refractivity contribution in [2.45, 2.75) is 19.0 Å². The van der Waals surface area contributed by atoms with Gasteiger partial charge in [0.2, 0.25) is 11.1 Å². The van der Waals surface area contributed by atoms with Gasteiger partial charge in [0.05, 0.1) is 11.4 Å². The first-order valence-electron chi connectivity index (χ1n) is 6.91. The Bertz CT molecular complexity index is 862. The largest absolute Gasteiger partial charge is 0.325 e. The summed E-state index contributed by atoms with van der Waals surface area (Å²) >= 11 is 4.67. The molecule has 0 aliphatic carbocycles. The second-order valence-corrected chi connectivity index (χ2v) is 6.89. The van der Waals surface area contributed by atoms with Gasteiger partial charge in [0, 0.05) is 10.2 Å². The SMILES string of the molecule is Cc1cc(C)c2nnc(SCC(=O)Nc3ccc(Br)cc3)n2n1. The summed E-state index contributed by atoms with van der Waals surface area (Å²) in [5.74, 6) is 0.143. The van der Waals surface area contributed by atoms with Crippen molar-refractivity contribution in [2.75, 3.05) is 11.1 Å². The molecule has 1 amide bonds. The lowest BCUT2D eigenvalue weighted by Gasteiger charge is -2.05. The molecule has 0 fully saturated rings. The predicted octanol–water partition coefficient (Wildman–Crippen LogP) is 3.23. The molecule has 3 aromatic rings. The first-order valence-corrected chi connectivity index (χ1v) is 8.68.